The maximum Gasteiger partial charge on any atom is 0.145 e. The van der Waals surface area contributed by atoms with Gasteiger partial charge in [0.15, 0.2) is 0 Å². The molecule has 0 fully saturated rings. The third-order valence-corrected chi connectivity index (χ3v) is 11.2. The molecule has 0 unspecified atom stereocenters. The molecule has 0 radical (unpaired) electrons. The summed E-state index contributed by atoms with van der Waals surface area (Å²) < 4.78 is 2.29. The van der Waals surface area contributed by atoms with Gasteiger partial charge in [-0.3, -0.25) is 4.57 Å². The molecule has 0 amide bonds. The third-order valence-electron chi connectivity index (χ3n) is 11.2. The highest BCUT2D eigenvalue weighted by Gasteiger charge is 2.20. The molecule has 55 heavy (non-hydrogen) atoms. The van der Waals surface area contributed by atoms with Crippen molar-refractivity contribution in [3.8, 4) is 50.5 Å². The quantitative estimate of drug-likeness (QED) is 0.164. The molecule has 0 bridgehead atoms. The molecule has 0 saturated heterocycles. The van der Waals surface area contributed by atoms with Crippen molar-refractivity contribution in [1.82, 2.24) is 9.55 Å². The van der Waals surface area contributed by atoms with Crippen molar-refractivity contribution < 1.29 is 0 Å². The molecule has 1 aromatic heterocycles. The molecule has 0 aliphatic carbocycles. The van der Waals surface area contributed by atoms with Crippen LogP contribution in [0.25, 0.3) is 105 Å². The fourth-order valence-corrected chi connectivity index (χ4v) is 8.54. The van der Waals surface area contributed by atoms with E-state index in [4.69, 9.17) is 4.98 Å². The van der Waals surface area contributed by atoms with Gasteiger partial charge in [0.1, 0.15) is 5.82 Å². The van der Waals surface area contributed by atoms with Crippen LogP contribution in [0.4, 0.5) is 0 Å². The number of aromatic nitrogens is 2. The first-order valence-electron chi connectivity index (χ1n) is 18.9. The number of nitrogens with zero attached hydrogens (tertiary/aromatic N) is 2. The van der Waals surface area contributed by atoms with Crippen molar-refractivity contribution >= 4 is 54.1 Å². The van der Waals surface area contributed by atoms with E-state index in [0.717, 1.165) is 33.7 Å². The van der Waals surface area contributed by atoms with Gasteiger partial charge in [-0.25, -0.2) is 4.98 Å². The second-order valence-electron chi connectivity index (χ2n) is 14.4. The molecule has 0 spiro atoms. The molecule has 11 rings (SSSR count). The summed E-state index contributed by atoms with van der Waals surface area (Å²) in [7, 11) is 0. The molecule has 256 valence electrons. The van der Waals surface area contributed by atoms with Crippen molar-refractivity contribution in [3.05, 3.63) is 206 Å². The number of rotatable bonds is 5. The van der Waals surface area contributed by atoms with Crippen LogP contribution in [0, 0.1) is 0 Å². The second kappa shape index (κ2) is 12.7. The minimum atomic E-state index is 0.921. The monoisotopic (exact) mass is 698 g/mol. The Balaban J connectivity index is 1.09. The lowest BCUT2D eigenvalue weighted by molar-refractivity contribution is 1.10. The molecule has 0 saturated carbocycles. The number of imidazole rings is 1. The average Bonchev–Trinajstić information content (AvgIpc) is 3.64. The normalized spacial score (nSPS) is 11.6. The van der Waals surface area contributed by atoms with Crippen molar-refractivity contribution in [2.75, 3.05) is 0 Å². The van der Waals surface area contributed by atoms with Crippen LogP contribution in [0.5, 0.6) is 0 Å². The lowest BCUT2D eigenvalue weighted by Gasteiger charge is -2.18. The van der Waals surface area contributed by atoms with Gasteiger partial charge in [0.2, 0.25) is 0 Å². The predicted molar refractivity (Wildman–Crippen MR) is 233 cm³/mol. The van der Waals surface area contributed by atoms with E-state index in [2.05, 4.69) is 211 Å². The van der Waals surface area contributed by atoms with Crippen LogP contribution in [0.3, 0.4) is 0 Å². The molecule has 10 aromatic carbocycles. The van der Waals surface area contributed by atoms with Gasteiger partial charge in [0, 0.05) is 11.3 Å². The minimum Gasteiger partial charge on any atom is -0.292 e. The van der Waals surface area contributed by atoms with E-state index in [-0.39, 0.29) is 0 Å². The summed E-state index contributed by atoms with van der Waals surface area (Å²) in [5.74, 6) is 0.921. The van der Waals surface area contributed by atoms with E-state index in [1.165, 1.54) is 70.9 Å². The first-order chi connectivity index (χ1) is 27.3. The molecule has 2 nitrogen and oxygen atoms in total. The van der Waals surface area contributed by atoms with Gasteiger partial charge in [0.25, 0.3) is 0 Å². The summed E-state index contributed by atoms with van der Waals surface area (Å²) in [5.41, 5.74) is 11.5. The van der Waals surface area contributed by atoms with E-state index in [0.29, 0.717) is 0 Å². The molecular formula is C53H34N2. The molecule has 1 heterocycles. The zero-order chi connectivity index (χ0) is 36.3. The van der Waals surface area contributed by atoms with Crippen molar-refractivity contribution in [1.29, 1.82) is 0 Å². The van der Waals surface area contributed by atoms with Gasteiger partial charge in [-0.05, 0) is 113 Å². The summed E-state index contributed by atoms with van der Waals surface area (Å²) in [5, 5.41) is 9.94. The molecule has 0 aliphatic heterocycles. The standard InChI is InChI=1S/C53H34N2/c1-2-16-44(17-3-1)55-50-31-30-43(34-49(50)54-53(55)38-26-22-37(23-27-38)41-28-24-35-12-4-6-14-39(35)32-41)52-47-20-10-8-18-45(47)51(46-19-9-11-21-48(46)52)42-29-25-36-13-5-7-15-40(36)33-42/h1-34H. The Hall–Kier alpha value is -7.29. The van der Waals surface area contributed by atoms with Crippen LogP contribution >= 0.6 is 0 Å². The largest absolute Gasteiger partial charge is 0.292 e. The summed E-state index contributed by atoms with van der Waals surface area (Å²) >= 11 is 0. The number of fused-ring (bicyclic) bond motifs is 5. The molecular weight excluding hydrogens is 665 g/mol. The highest BCUT2D eigenvalue weighted by molar-refractivity contribution is 6.22. The van der Waals surface area contributed by atoms with Gasteiger partial charge in [0.05, 0.1) is 11.0 Å². The van der Waals surface area contributed by atoms with Crippen LogP contribution in [0.15, 0.2) is 206 Å². The van der Waals surface area contributed by atoms with Crippen LogP contribution in [0.1, 0.15) is 0 Å². The Morgan fingerprint density at radius 3 is 1.35 bits per heavy atom. The molecule has 0 atom stereocenters. The minimum absolute atomic E-state index is 0.921. The Kier molecular flexibility index (Phi) is 7.21. The maximum absolute atomic E-state index is 5.41. The Morgan fingerprint density at radius 2 is 0.745 bits per heavy atom. The number of para-hydroxylation sites is 1. The van der Waals surface area contributed by atoms with E-state index in [9.17, 15) is 0 Å². The lowest BCUT2D eigenvalue weighted by atomic mass is 9.85. The second-order valence-corrected chi connectivity index (χ2v) is 14.4. The lowest BCUT2D eigenvalue weighted by Crippen LogP contribution is -1.97. The van der Waals surface area contributed by atoms with Crippen molar-refractivity contribution in [2.24, 2.45) is 0 Å². The zero-order valence-electron chi connectivity index (χ0n) is 30.0. The summed E-state index contributed by atoms with van der Waals surface area (Å²) in [6.45, 7) is 0. The van der Waals surface area contributed by atoms with Gasteiger partial charge < -0.3 is 0 Å². The number of hydrogen-bond donors (Lipinski definition) is 0. The van der Waals surface area contributed by atoms with E-state index in [1.54, 1.807) is 0 Å². The fraction of sp³-hybridized carbons (Fsp3) is 0. The Labute approximate surface area is 319 Å². The predicted octanol–water partition coefficient (Wildman–Crippen LogP) is 14.3. The molecule has 11 aromatic rings. The zero-order valence-corrected chi connectivity index (χ0v) is 30.0. The highest BCUT2D eigenvalue weighted by Crippen LogP contribution is 2.45. The SMILES string of the molecule is c1ccc(-n2c(-c3ccc(-c4ccc5ccccc5c4)cc3)nc3cc(-c4c5ccccc5c(-c5ccc6ccccc6c5)c5ccccc45)ccc32)cc1. The summed E-state index contributed by atoms with van der Waals surface area (Å²) in [6, 6.07) is 74.6. The molecule has 2 heteroatoms. The maximum atomic E-state index is 5.41. The first kappa shape index (κ1) is 31.3. The van der Waals surface area contributed by atoms with Crippen LogP contribution in [0.2, 0.25) is 0 Å². The number of hydrogen-bond acceptors (Lipinski definition) is 1. The third kappa shape index (κ3) is 5.22. The van der Waals surface area contributed by atoms with E-state index >= 15 is 0 Å². The van der Waals surface area contributed by atoms with Crippen LogP contribution < -0.4 is 0 Å². The fourth-order valence-electron chi connectivity index (χ4n) is 8.54. The van der Waals surface area contributed by atoms with Gasteiger partial charge in [-0.15, -0.1) is 0 Å². The van der Waals surface area contributed by atoms with Crippen molar-refractivity contribution in [3.63, 3.8) is 0 Å². The van der Waals surface area contributed by atoms with Gasteiger partial charge in [-0.1, -0.05) is 170 Å². The summed E-state index contributed by atoms with van der Waals surface area (Å²) in [6.07, 6.45) is 0. The van der Waals surface area contributed by atoms with Crippen LogP contribution in [-0.2, 0) is 0 Å². The topological polar surface area (TPSA) is 17.8 Å². The first-order valence-corrected chi connectivity index (χ1v) is 18.9. The summed E-state index contributed by atoms with van der Waals surface area (Å²) in [4.78, 5) is 5.41. The van der Waals surface area contributed by atoms with E-state index in [1.807, 2.05) is 0 Å². The smallest absolute Gasteiger partial charge is 0.145 e. The van der Waals surface area contributed by atoms with E-state index < -0.39 is 0 Å². The average molecular weight is 699 g/mol. The van der Waals surface area contributed by atoms with Gasteiger partial charge in [-0.2, -0.15) is 0 Å². The Bertz CT molecular complexity index is 3190. The molecule has 0 N–H and O–H groups in total. The Morgan fingerprint density at radius 1 is 0.309 bits per heavy atom. The number of benzene rings is 10. The van der Waals surface area contributed by atoms with Gasteiger partial charge >= 0.3 is 0 Å². The van der Waals surface area contributed by atoms with Crippen LogP contribution in [-0.4, -0.2) is 9.55 Å². The molecule has 0 aliphatic rings. The van der Waals surface area contributed by atoms with Crippen molar-refractivity contribution in [2.45, 2.75) is 0 Å². The highest BCUT2D eigenvalue weighted by atomic mass is 15.1.